The summed E-state index contributed by atoms with van der Waals surface area (Å²) in [5.41, 5.74) is 8.12. The van der Waals surface area contributed by atoms with E-state index in [9.17, 15) is 0 Å². The molecule has 0 bridgehead atoms. The SMILES string of the molecule is CSc1cc(C2CN(C)CCN2)ccc1N. The van der Waals surface area contributed by atoms with Crippen LogP contribution in [0.4, 0.5) is 5.69 Å². The van der Waals surface area contributed by atoms with Crippen molar-refractivity contribution >= 4 is 17.4 Å². The maximum Gasteiger partial charge on any atom is 0.0452 e. The van der Waals surface area contributed by atoms with Crippen molar-refractivity contribution < 1.29 is 0 Å². The third kappa shape index (κ3) is 2.51. The highest BCUT2D eigenvalue weighted by Gasteiger charge is 2.18. The van der Waals surface area contributed by atoms with E-state index in [-0.39, 0.29) is 0 Å². The Hall–Kier alpha value is -0.710. The Morgan fingerprint density at radius 2 is 2.31 bits per heavy atom. The maximum absolute atomic E-state index is 5.91. The van der Waals surface area contributed by atoms with Gasteiger partial charge in [0.1, 0.15) is 0 Å². The zero-order valence-electron chi connectivity index (χ0n) is 9.86. The molecule has 88 valence electrons. The second kappa shape index (κ2) is 5.08. The number of hydrogen-bond acceptors (Lipinski definition) is 4. The van der Waals surface area contributed by atoms with E-state index in [0.717, 1.165) is 25.3 Å². The van der Waals surface area contributed by atoms with E-state index >= 15 is 0 Å². The molecule has 3 N–H and O–H groups in total. The van der Waals surface area contributed by atoms with Crippen molar-refractivity contribution in [2.24, 2.45) is 0 Å². The lowest BCUT2D eigenvalue weighted by molar-refractivity contribution is 0.241. The summed E-state index contributed by atoms with van der Waals surface area (Å²) in [7, 11) is 2.17. The molecule has 1 saturated heterocycles. The monoisotopic (exact) mass is 237 g/mol. The lowest BCUT2D eigenvalue weighted by atomic mass is 10.0. The number of nitrogens with one attached hydrogen (secondary N) is 1. The summed E-state index contributed by atoms with van der Waals surface area (Å²) in [5, 5.41) is 3.54. The van der Waals surface area contributed by atoms with Crippen molar-refractivity contribution in [1.29, 1.82) is 0 Å². The highest BCUT2D eigenvalue weighted by Crippen LogP contribution is 2.27. The van der Waals surface area contributed by atoms with Gasteiger partial charge < -0.3 is 16.0 Å². The third-order valence-corrected chi connectivity index (χ3v) is 3.83. The Labute approximate surface area is 101 Å². The number of rotatable bonds is 2. The number of likely N-dealkylation sites (N-methyl/N-ethyl adjacent to an activating group) is 1. The number of piperazine rings is 1. The van der Waals surface area contributed by atoms with Crippen molar-refractivity contribution in [1.82, 2.24) is 10.2 Å². The molecular weight excluding hydrogens is 218 g/mol. The van der Waals surface area contributed by atoms with Crippen LogP contribution in [0.25, 0.3) is 0 Å². The fourth-order valence-corrected chi connectivity index (χ4v) is 2.62. The molecule has 0 aliphatic carbocycles. The average molecular weight is 237 g/mol. The molecule has 1 fully saturated rings. The first kappa shape index (κ1) is 11.8. The molecule has 16 heavy (non-hydrogen) atoms. The van der Waals surface area contributed by atoms with Crippen LogP contribution in [0, 0.1) is 0 Å². The highest BCUT2D eigenvalue weighted by molar-refractivity contribution is 7.98. The molecule has 0 radical (unpaired) electrons. The molecule has 0 aromatic heterocycles. The van der Waals surface area contributed by atoms with Crippen LogP contribution in [0.5, 0.6) is 0 Å². The quantitative estimate of drug-likeness (QED) is 0.605. The van der Waals surface area contributed by atoms with Gasteiger partial charge in [-0.05, 0) is 31.0 Å². The smallest absolute Gasteiger partial charge is 0.0452 e. The maximum atomic E-state index is 5.91. The first-order valence-corrected chi connectivity index (χ1v) is 6.78. The summed E-state index contributed by atoms with van der Waals surface area (Å²) < 4.78 is 0. The lowest BCUT2D eigenvalue weighted by Gasteiger charge is -2.31. The normalized spacial score (nSPS) is 22.2. The van der Waals surface area contributed by atoms with Gasteiger partial charge in [0.25, 0.3) is 0 Å². The third-order valence-electron chi connectivity index (χ3n) is 3.04. The van der Waals surface area contributed by atoms with E-state index in [2.05, 4.69) is 35.7 Å². The predicted octanol–water partition coefficient (Wildman–Crippen LogP) is 1.57. The van der Waals surface area contributed by atoms with Gasteiger partial charge in [0.05, 0.1) is 0 Å². The Morgan fingerprint density at radius 3 is 3.00 bits per heavy atom. The number of benzene rings is 1. The number of nitrogen functional groups attached to an aromatic ring is 1. The van der Waals surface area contributed by atoms with Crippen molar-refractivity contribution in [2.75, 3.05) is 38.7 Å². The van der Waals surface area contributed by atoms with E-state index < -0.39 is 0 Å². The largest absolute Gasteiger partial charge is 0.398 e. The second-order valence-corrected chi connectivity index (χ2v) is 5.12. The van der Waals surface area contributed by atoms with Crippen molar-refractivity contribution in [3.63, 3.8) is 0 Å². The highest BCUT2D eigenvalue weighted by atomic mass is 32.2. The molecule has 0 spiro atoms. The number of nitrogens with zero attached hydrogens (tertiary/aromatic N) is 1. The van der Waals surface area contributed by atoms with Crippen LogP contribution in [0.2, 0.25) is 0 Å². The molecule has 1 aliphatic heterocycles. The Morgan fingerprint density at radius 1 is 1.50 bits per heavy atom. The molecular formula is C12H19N3S. The molecule has 2 rings (SSSR count). The van der Waals surface area contributed by atoms with Crippen LogP contribution >= 0.6 is 11.8 Å². The topological polar surface area (TPSA) is 41.3 Å². The van der Waals surface area contributed by atoms with E-state index in [1.807, 2.05) is 6.07 Å². The number of hydrogen-bond donors (Lipinski definition) is 2. The van der Waals surface area contributed by atoms with Crippen LogP contribution in [-0.4, -0.2) is 37.8 Å². The first-order valence-electron chi connectivity index (χ1n) is 5.56. The second-order valence-electron chi connectivity index (χ2n) is 4.27. The molecule has 1 aromatic rings. The van der Waals surface area contributed by atoms with Gasteiger partial charge in [-0.1, -0.05) is 6.07 Å². The standard InChI is InChI=1S/C12H19N3S/c1-15-6-5-14-11(8-15)9-3-4-10(13)12(7-9)16-2/h3-4,7,11,14H,5-6,8,13H2,1-2H3. The van der Waals surface area contributed by atoms with Crippen LogP contribution < -0.4 is 11.1 Å². The predicted molar refractivity (Wildman–Crippen MR) is 70.9 cm³/mol. The fourth-order valence-electron chi connectivity index (χ4n) is 2.06. The van der Waals surface area contributed by atoms with Gasteiger partial charge in [-0.2, -0.15) is 0 Å². The van der Waals surface area contributed by atoms with Gasteiger partial charge in [-0.15, -0.1) is 11.8 Å². The molecule has 1 aromatic carbocycles. The minimum atomic E-state index is 0.435. The molecule has 3 nitrogen and oxygen atoms in total. The number of anilines is 1. The number of nitrogens with two attached hydrogens (primary N) is 1. The molecule has 1 atom stereocenters. The zero-order chi connectivity index (χ0) is 11.5. The Kier molecular flexibility index (Phi) is 3.74. The van der Waals surface area contributed by atoms with Crippen LogP contribution in [0.3, 0.4) is 0 Å². The van der Waals surface area contributed by atoms with Crippen molar-refractivity contribution in [2.45, 2.75) is 10.9 Å². The Bertz CT molecular complexity index is 367. The molecule has 0 amide bonds. The van der Waals surface area contributed by atoms with Gasteiger partial charge in [-0.25, -0.2) is 0 Å². The lowest BCUT2D eigenvalue weighted by Crippen LogP contribution is -2.43. The molecule has 4 heteroatoms. The van der Waals surface area contributed by atoms with Crippen molar-refractivity contribution in [3.05, 3.63) is 23.8 Å². The summed E-state index contributed by atoms with van der Waals surface area (Å²) in [5.74, 6) is 0. The van der Waals surface area contributed by atoms with E-state index in [1.54, 1.807) is 11.8 Å². The molecule has 1 heterocycles. The molecule has 0 saturated carbocycles. The Balaban J connectivity index is 2.19. The van der Waals surface area contributed by atoms with E-state index in [4.69, 9.17) is 5.73 Å². The molecule has 1 aliphatic rings. The van der Waals surface area contributed by atoms with Crippen LogP contribution in [0.1, 0.15) is 11.6 Å². The van der Waals surface area contributed by atoms with E-state index in [1.165, 1.54) is 10.5 Å². The van der Waals surface area contributed by atoms with Gasteiger partial charge in [0.2, 0.25) is 0 Å². The summed E-state index contributed by atoms with van der Waals surface area (Å²) >= 11 is 1.71. The minimum Gasteiger partial charge on any atom is -0.398 e. The van der Waals surface area contributed by atoms with Crippen LogP contribution in [0.15, 0.2) is 23.1 Å². The van der Waals surface area contributed by atoms with Gasteiger partial charge >= 0.3 is 0 Å². The van der Waals surface area contributed by atoms with Gasteiger partial charge in [-0.3, -0.25) is 0 Å². The summed E-state index contributed by atoms with van der Waals surface area (Å²) in [6.45, 7) is 3.25. The average Bonchev–Trinajstić information content (AvgIpc) is 2.29. The minimum absolute atomic E-state index is 0.435. The zero-order valence-corrected chi connectivity index (χ0v) is 10.7. The van der Waals surface area contributed by atoms with Crippen LogP contribution in [-0.2, 0) is 0 Å². The number of thioether (sulfide) groups is 1. The molecule has 1 unspecified atom stereocenters. The summed E-state index contributed by atoms with van der Waals surface area (Å²) in [4.78, 5) is 3.53. The summed E-state index contributed by atoms with van der Waals surface area (Å²) in [6, 6.07) is 6.78. The summed E-state index contributed by atoms with van der Waals surface area (Å²) in [6.07, 6.45) is 2.07. The van der Waals surface area contributed by atoms with Crippen molar-refractivity contribution in [3.8, 4) is 0 Å². The van der Waals surface area contributed by atoms with Gasteiger partial charge in [0.15, 0.2) is 0 Å². The first-order chi connectivity index (χ1) is 7.70. The van der Waals surface area contributed by atoms with E-state index in [0.29, 0.717) is 6.04 Å². The van der Waals surface area contributed by atoms with Gasteiger partial charge in [0, 0.05) is 36.3 Å². The fraction of sp³-hybridized carbons (Fsp3) is 0.500.